The Hall–Kier alpha value is -2.72. The Bertz CT molecular complexity index is 1410. The van der Waals surface area contributed by atoms with Gasteiger partial charge >= 0.3 is 0 Å². The summed E-state index contributed by atoms with van der Waals surface area (Å²) in [7, 11) is 2.14. The number of carbonyl (C=O) groups excluding carboxylic acids is 1. The van der Waals surface area contributed by atoms with Gasteiger partial charge < -0.3 is 24.4 Å². The third-order valence-electron chi connectivity index (χ3n) is 7.58. The van der Waals surface area contributed by atoms with Crippen molar-refractivity contribution >= 4 is 41.0 Å². The molecule has 0 bridgehead atoms. The Morgan fingerprint density at radius 2 is 1.72 bits per heavy atom. The van der Waals surface area contributed by atoms with E-state index in [1.165, 1.54) is 6.42 Å². The van der Waals surface area contributed by atoms with E-state index in [-0.39, 0.29) is 11.3 Å². The molecule has 6 rings (SSSR count). The average Bonchev–Trinajstić information content (AvgIpc) is 2.95. The highest BCUT2D eigenvalue weighted by atomic mass is 32.2. The summed E-state index contributed by atoms with van der Waals surface area (Å²) in [4.78, 5) is 36.6. The van der Waals surface area contributed by atoms with Crippen molar-refractivity contribution in [2.75, 3.05) is 63.1 Å². The van der Waals surface area contributed by atoms with E-state index in [0.717, 1.165) is 89.5 Å². The summed E-state index contributed by atoms with van der Waals surface area (Å²) in [6.07, 6.45) is 3.96. The molecule has 204 valence electrons. The van der Waals surface area contributed by atoms with Gasteiger partial charge in [-0.3, -0.25) is 9.59 Å². The molecule has 1 N–H and O–H groups in total. The van der Waals surface area contributed by atoms with Gasteiger partial charge in [0.2, 0.25) is 5.91 Å². The van der Waals surface area contributed by atoms with Crippen molar-refractivity contribution in [1.82, 2.24) is 9.80 Å². The van der Waals surface area contributed by atoms with Crippen LogP contribution in [-0.2, 0) is 4.79 Å². The SMILES string of the molecule is CN1CCN(CCC(=O)Nc2ccc3c(c2)Sc2cccc(-c4cc(=O)cc(N5CCCCC5)o4)c2S3)CC1. The van der Waals surface area contributed by atoms with Crippen LogP contribution < -0.4 is 15.6 Å². The molecule has 4 heterocycles. The maximum atomic E-state index is 12.7. The first-order chi connectivity index (χ1) is 19.0. The van der Waals surface area contributed by atoms with Crippen LogP contribution in [-0.4, -0.2) is 68.6 Å². The third-order valence-corrected chi connectivity index (χ3v) is 10.2. The van der Waals surface area contributed by atoms with Crippen molar-refractivity contribution in [2.24, 2.45) is 0 Å². The summed E-state index contributed by atoms with van der Waals surface area (Å²) in [5.74, 6) is 1.33. The van der Waals surface area contributed by atoms with Crippen LogP contribution in [0.2, 0.25) is 0 Å². The van der Waals surface area contributed by atoms with Gasteiger partial charge in [-0.15, -0.1) is 0 Å². The monoisotopic (exact) mass is 562 g/mol. The van der Waals surface area contributed by atoms with Crippen LogP contribution in [0.5, 0.6) is 0 Å². The van der Waals surface area contributed by atoms with Gasteiger partial charge in [0.15, 0.2) is 11.3 Å². The molecule has 3 aromatic rings. The molecule has 1 amide bonds. The molecule has 1 aromatic heterocycles. The molecule has 2 aromatic carbocycles. The van der Waals surface area contributed by atoms with E-state index in [1.54, 1.807) is 35.7 Å². The molecule has 9 heteroatoms. The lowest BCUT2D eigenvalue weighted by atomic mass is 10.1. The van der Waals surface area contributed by atoms with Gasteiger partial charge in [-0.05, 0) is 50.6 Å². The molecular formula is C30H34N4O3S2. The predicted molar refractivity (Wildman–Crippen MR) is 158 cm³/mol. The molecule has 3 aliphatic heterocycles. The fourth-order valence-corrected chi connectivity index (χ4v) is 7.70. The van der Waals surface area contributed by atoms with E-state index in [1.807, 2.05) is 18.2 Å². The Morgan fingerprint density at radius 3 is 2.54 bits per heavy atom. The Morgan fingerprint density at radius 1 is 0.897 bits per heavy atom. The summed E-state index contributed by atoms with van der Waals surface area (Å²) in [6.45, 7) is 6.78. The van der Waals surface area contributed by atoms with Gasteiger partial charge in [0.1, 0.15) is 5.76 Å². The highest BCUT2D eigenvalue weighted by molar-refractivity contribution is 8.05. The van der Waals surface area contributed by atoms with Crippen LogP contribution >= 0.6 is 23.5 Å². The van der Waals surface area contributed by atoms with E-state index in [2.05, 4.69) is 45.3 Å². The van der Waals surface area contributed by atoms with Gasteiger partial charge in [0.25, 0.3) is 0 Å². The van der Waals surface area contributed by atoms with Crippen LogP contribution in [0.15, 0.2) is 77.3 Å². The maximum absolute atomic E-state index is 12.7. The van der Waals surface area contributed by atoms with Gasteiger partial charge in [-0.2, -0.15) is 0 Å². The topological polar surface area (TPSA) is 69.0 Å². The minimum Gasteiger partial charge on any atom is -0.440 e. The van der Waals surface area contributed by atoms with Crippen molar-refractivity contribution in [3.05, 3.63) is 58.8 Å². The molecular weight excluding hydrogens is 528 g/mol. The zero-order valence-corrected chi connectivity index (χ0v) is 23.9. The van der Waals surface area contributed by atoms with E-state index in [0.29, 0.717) is 18.1 Å². The Balaban J connectivity index is 1.16. The van der Waals surface area contributed by atoms with Gasteiger partial charge in [-0.25, -0.2) is 0 Å². The highest BCUT2D eigenvalue weighted by Crippen LogP contribution is 2.52. The summed E-state index contributed by atoms with van der Waals surface area (Å²) >= 11 is 3.38. The fraction of sp³-hybridized carbons (Fsp3) is 0.400. The van der Waals surface area contributed by atoms with E-state index in [9.17, 15) is 9.59 Å². The number of nitrogens with one attached hydrogen (secondary N) is 1. The number of nitrogens with zero attached hydrogens (tertiary/aromatic N) is 3. The summed E-state index contributed by atoms with van der Waals surface area (Å²) in [5, 5.41) is 3.09. The van der Waals surface area contributed by atoms with Gasteiger partial charge in [0, 0.05) is 95.2 Å². The number of likely N-dealkylation sites (N-methyl/N-ethyl adjacent to an activating group) is 1. The second kappa shape index (κ2) is 11.8. The summed E-state index contributed by atoms with van der Waals surface area (Å²) in [5.41, 5.74) is 1.73. The predicted octanol–water partition coefficient (Wildman–Crippen LogP) is 5.49. The molecule has 0 atom stereocenters. The second-order valence-electron chi connectivity index (χ2n) is 10.5. The number of rotatable bonds is 6. The molecule has 0 unspecified atom stereocenters. The van der Waals surface area contributed by atoms with Crippen LogP contribution in [0.3, 0.4) is 0 Å². The van der Waals surface area contributed by atoms with Gasteiger partial charge in [0.05, 0.1) is 0 Å². The van der Waals surface area contributed by atoms with Gasteiger partial charge in [-0.1, -0.05) is 35.7 Å². The summed E-state index contributed by atoms with van der Waals surface area (Å²) in [6, 6.07) is 15.5. The lowest BCUT2D eigenvalue weighted by Gasteiger charge is -2.32. The van der Waals surface area contributed by atoms with Crippen molar-refractivity contribution in [3.63, 3.8) is 0 Å². The molecule has 2 saturated heterocycles. The van der Waals surface area contributed by atoms with E-state index in [4.69, 9.17) is 4.42 Å². The lowest BCUT2D eigenvalue weighted by molar-refractivity contribution is -0.116. The number of anilines is 2. The smallest absolute Gasteiger partial charge is 0.225 e. The van der Waals surface area contributed by atoms with E-state index < -0.39 is 0 Å². The number of hydrogen-bond acceptors (Lipinski definition) is 8. The molecule has 2 fully saturated rings. The van der Waals surface area contributed by atoms with Crippen LogP contribution in [0.4, 0.5) is 11.6 Å². The molecule has 0 aliphatic carbocycles. The van der Waals surface area contributed by atoms with Crippen molar-refractivity contribution in [1.29, 1.82) is 0 Å². The van der Waals surface area contributed by atoms with Crippen LogP contribution in [0, 0.1) is 0 Å². The van der Waals surface area contributed by atoms with Crippen molar-refractivity contribution in [3.8, 4) is 11.3 Å². The molecule has 7 nitrogen and oxygen atoms in total. The van der Waals surface area contributed by atoms with Crippen molar-refractivity contribution in [2.45, 2.75) is 45.3 Å². The first kappa shape index (κ1) is 26.5. The third kappa shape index (κ3) is 6.22. The van der Waals surface area contributed by atoms with Crippen LogP contribution in [0.25, 0.3) is 11.3 Å². The number of hydrogen-bond donors (Lipinski definition) is 1. The zero-order chi connectivity index (χ0) is 26.8. The molecule has 3 aliphatic rings. The van der Waals surface area contributed by atoms with E-state index >= 15 is 0 Å². The highest BCUT2D eigenvalue weighted by Gasteiger charge is 2.23. The minimum absolute atomic E-state index is 0.0312. The normalized spacial score (nSPS) is 17.9. The largest absolute Gasteiger partial charge is 0.440 e. The average molecular weight is 563 g/mol. The fourth-order valence-electron chi connectivity index (χ4n) is 5.30. The Kier molecular flexibility index (Phi) is 8.02. The molecule has 0 spiro atoms. The maximum Gasteiger partial charge on any atom is 0.225 e. The molecule has 0 radical (unpaired) electrons. The van der Waals surface area contributed by atoms with Crippen molar-refractivity contribution < 1.29 is 9.21 Å². The first-order valence-corrected chi connectivity index (χ1v) is 15.4. The van der Waals surface area contributed by atoms with Crippen LogP contribution in [0.1, 0.15) is 25.7 Å². The standard InChI is InChI=1S/C30H34N4O3S2/c1-32-14-16-33(17-15-32)13-10-28(36)31-21-8-9-25-27(18-21)38-26-7-5-6-23(30(26)39-25)24-19-22(35)20-29(37-24)34-11-3-2-4-12-34/h5-9,18-20H,2-4,10-17H2,1H3,(H,31,36). The summed E-state index contributed by atoms with van der Waals surface area (Å²) < 4.78 is 6.32. The molecule has 39 heavy (non-hydrogen) atoms. The number of amides is 1. The number of piperidine rings is 1. The zero-order valence-electron chi connectivity index (χ0n) is 22.3. The molecule has 0 saturated carbocycles. The number of piperazine rings is 1. The minimum atomic E-state index is -0.0312. The first-order valence-electron chi connectivity index (χ1n) is 13.8. The second-order valence-corrected chi connectivity index (χ2v) is 12.6. The number of carbonyl (C=O) groups is 1. The lowest BCUT2D eigenvalue weighted by Crippen LogP contribution is -2.45. The quantitative estimate of drug-likeness (QED) is 0.331. The Labute approximate surface area is 237 Å². The number of benzene rings is 2. The number of fused-ring (bicyclic) bond motifs is 2.